The molecule has 0 fully saturated rings. The van der Waals surface area contributed by atoms with Crippen molar-refractivity contribution in [2.24, 2.45) is 0 Å². The summed E-state index contributed by atoms with van der Waals surface area (Å²) in [6.07, 6.45) is 3.56. The molecule has 2 rings (SSSR count). The van der Waals surface area contributed by atoms with Crippen LogP contribution in [0.5, 0.6) is 0 Å². The van der Waals surface area contributed by atoms with Gasteiger partial charge in [0.15, 0.2) is 0 Å². The van der Waals surface area contributed by atoms with Crippen LogP contribution in [0.1, 0.15) is 0 Å². The van der Waals surface area contributed by atoms with E-state index in [0.29, 0.717) is 5.39 Å². The minimum absolute atomic E-state index is 0.158. The molecule has 0 unspecified atom stereocenters. The maximum Gasteiger partial charge on any atom is 0.346 e. The summed E-state index contributed by atoms with van der Waals surface area (Å²) < 4.78 is 22.3. The second-order valence-corrected chi connectivity index (χ2v) is 4.83. The molecule has 7 nitrogen and oxygen atoms in total. The van der Waals surface area contributed by atoms with Crippen LogP contribution < -0.4 is 5.69 Å². The highest BCUT2D eigenvalue weighted by Gasteiger charge is 2.11. The molecule has 0 aliphatic rings. The molecule has 0 radical (unpaired) electrons. The van der Waals surface area contributed by atoms with E-state index >= 15 is 0 Å². The van der Waals surface area contributed by atoms with Crippen molar-refractivity contribution in [3.8, 4) is 0 Å². The highest BCUT2D eigenvalue weighted by Crippen LogP contribution is 2.07. The number of aromatic nitrogens is 4. The van der Waals surface area contributed by atoms with Crippen LogP contribution in [-0.2, 0) is 9.84 Å². The summed E-state index contributed by atoms with van der Waals surface area (Å²) >= 11 is 0. The Morgan fingerprint density at radius 3 is 2.60 bits per heavy atom. The molecule has 0 saturated carbocycles. The number of nitrogens with zero attached hydrogens (tertiary/aromatic N) is 3. The molecular formula is C7H6N4O3S. The topological polar surface area (TPSA) is 106 Å². The first-order chi connectivity index (χ1) is 6.97. The lowest BCUT2D eigenvalue weighted by Gasteiger charge is -1.98. The minimum atomic E-state index is -3.47. The van der Waals surface area contributed by atoms with E-state index in [4.69, 9.17) is 0 Å². The SMILES string of the molecule is CS(=O)(=O)c1ncc2cnc(=O)[nH]c2n1. The van der Waals surface area contributed by atoms with Gasteiger partial charge >= 0.3 is 5.69 Å². The van der Waals surface area contributed by atoms with Gasteiger partial charge in [-0.05, 0) is 0 Å². The van der Waals surface area contributed by atoms with Gasteiger partial charge in [-0.2, -0.15) is 4.98 Å². The van der Waals surface area contributed by atoms with Gasteiger partial charge in [0.1, 0.15) is 5.65 Å². The molecule has 0 aliphatic carbocycles. The second-order valence-electron chi connectivity index (χ2n) is 2.92. The number of H-pyrrole nitrogens is 1. The molecule has 0 spiro atoms. The highest BCUT2D eigenvalue weighted by molar-refractivity contribution is 7.90. The molecular weight excluding hydrogens is 220 g/mol. The number of aromatic amines is 1. The predicted octanol–water partition coefficient (Wildman–Crippen LogP) is -0.883. The number of rotatable bonds is 1. The Hall–Kier alpha value is -1.83. The zero-order valence-electron chi connectivity index (χ0n) is 7.63. The quantitative estimate of drug-likeness (QED) is 0.633. The Morgan fingerprint density at radius 2 is 1.93 bits per heavy atom. The average Bonchev–Trinajstić information content (AvgIpc) is 2.15. The zero-order valence-corrected chi connectivity index (χ0v) is 8.45. The Bertz CT molecular complexity index is 676. The van der Waals surface area contributed by atoms with Gasteiger partial charge in [0, 0.05) is 18.6 Å². The van der Waals surface area contributed by atoms with E-state index in [0.717, 1.165) is 6.26 Å². The van der Waals surface area contributed by atoms with Crippen molar-refractivity contribution in [2.75, 3.05) is 6.26 Å². The zero-order chi connectivity index (χ0) is 11.1. The van der Waals surface area contributed by atoms with E-state index in [2.05, 4.69) is 19.9 Å². The first-order valence-corrected chi connectivity index (χ1v) is 5.78. The van der Waals surface area contributed by atoms with Crippen LogP contribution in [-0.4, -0.2) is 34.6 Å². The van der Waals surface area contributed by atoms with Gasteiger partial charge in [0.25, 0.3) is 0 Å². The fourth-order valence-electron chi connectivity index (χ4n) is 1.01. The van der Waals surface area contributed by atoms with Crippen molar-refractivity contribution in [3.63, 3.8) is 0 Å². The monoisotopic (exact) mass is 226 g/mol. The predicted molar refractivity (Wildman–Crippen MR) is 51.1 cm³/mol. The number of nitrogens with one attached hydrogen (secondary N) is 1. The van der Waals surface area contributed by atoms with E-state index in [1.165, 1.54) is 12.4 Å². The minimum Gasteiger partial charge on any atom is -0.290 e. The Balaban J connectivity index is 2.81. The Kier molecular flexibility index (Phi) is 2.00. The number of sulfone groups is 1. The molecule has 0 aromatic carbocycles. The molecule has 15 heavy (non-hydrogen) atoms. The van der Waals surface area contributed by atoms with Crippen LogP contribution in [0.25, 0.3) is 11.0 Å². The van der Waals surface area contributed by atoms with E-state index < -0.39 is 15.5 Å². The van der Waals surface area contributed by atoms with Crippen LogP contribution in [0.2, 0.25) is 0 Å². The standard InChI is InChI=1S/C7H6N4O3S/c1-15(13,14)7-9-3-4-2-8-6(12)10-5(4)11-7/h2-3H,1H3,(H,8,9,10,11,12). The van der Waals surface area contributed by atoms with Crippen molar-refractivity contribution in [1.82, 2.24) is 19.9 Å². The Labute approximate surface area is 84.1 Å². The lowest BCUT2D eigenvalue weighted by molar-refractivity contribution is 0.593. The Morgan fingerprint density at radius 1 is 1.27 bits per heavy atom. The molecule has 0 atom stereocenters. The summed E-state index contributed by atoms with van der Waals surface area (Å²) in [5.74, 6) is 0. The van der Waals surface area contributed by atoms with Gasteiger partial charge in [0.2, 0.25) is 15.0 Å². The molecule has 2 heterocycles. The summed E-state index contributed by atoms with van der Waals surface area (Å²) in [6.45, 7) is 0. The van der Waals surface area contributed by atoms with Gasteiger partial charge in [-0.3, -0.25) is 4.98 Å². The maximum absolute atomic E-state index is 11.1. The van der Waals surface area contributed by atoms with Gasteiger partial charge in [-0.25, -0.2) is 23.2 Å². The van der Waals surface area contributed by atoms with Crippen LogP contribution in [0.15, 0.2) is 22.3 Å². The van der Waals surface area contributed by atoms with Gasteiger partial charge in [0.05, 0.1) is 5.39 Å². The van der Waals surface area contributed by atoms with Crippen LogP contribution in [0.4, 0.5) is 0 Å². The molecule has 1 N–H and O–H groups in total. The fourth-order valence-corrected chi connectivity index (χ4v) is 1.51. The molecule has 0 bridgehead atoms. The first kappa shape index (κ1) is 9.71. The molecule has 0 amide bonds. The second kappa shape index (κ2) is 3.09. The van der Waals surface area contributed by atoms with Crippen molar-refractivity contribution in [1.29, 1.82) is 0 Å². The normalized spacial score (nSPS) is 11.8. The summed E-state index contributed by atoms with van der Waals surface area (Å²) in [5, 5.41) is 0.152. The molecule has 78 valence electrons. The summed E-state index contributed by atoms with van der Waals surface area (Å²) in [4.78, 5) is 24.0. The summed E-state index contributed by atoms with van der Waals surface area (Å²) in [7, 11) is -3.47. The number of fused-ring (bicyclic) bond motifs is 1. The lowest BCUT2D eigenvalue weighted by Crippen LogP contribution is -2.11. The van der Waals surface area contributed by atoms with Gasteiger partial charge in [-0.15, -0.1) is 0 Å². The summed E-state index contributed by atoms with van der Waals surface area (Å²) in [6, 6.07) is 0. The van der Waals surface area contributed by atoms with Crippen molar-refractivity contribution in [2.45, 2.75) is 5.16 Å². The van der Waals surface area contributed by atoms with Crippen molar-refractivity contribution < 1.29 is 8.42 Å². The average molecular weight is 226 g/mol. The maximum atomic E-state index is 11.1. The number of hydrogen-bond acceptors (Lipinski definition) is 6. The third kappa shape index (κ3) is 1.84. The van der Waals surface area contributed by atoms with E-state index in [9.17, 15) is 13.2 Å². The van der Waals surface area contributed by atoms with Gasteiger partial charge < -0.3 is 0 Å². The van der Waals surface area contributed by atoms with Crippen LogP contribution in [0.3, 0.4) is 0 Å². The van der Waals surface area contributed by atoms with E-state index in [-0.39, 0.29) is 10.8 Å². The molecule has 0 aliphatic heterocycles. The lowest BCUT2D eigenvalue weighted by atomic mass is 10.4. The smallest absolute Gasteiger partial charge is 0.290 e. The van der Waals surface area contributed by atoms with Gasteiger partial charge in [-0.1, -0.05) is 0 Å². The number of hydrogen-bond donors (Lipinski definition) is 1. The van der Waals surface area contributed by atoms with E-state index in [1.807, 2.05) is 0 Å². The first-order valence-electron chi connectivity index (χ1n) is 3.89. The highest BCUT2D eigenvalue weighted by atomic mass is 32.2. The largest absolute Gasteiger partial charge is 0.346 e. The van der Waals surface area contributed by atoms with Crippen molar-refractivity contribution in [3.05, 3.63) is 22.9 Å². The fraction of sp³-hybridized carbons (Fsp3) is 0.143. The van der Waals surface area contributed by atoms with Crippen LogP contribution in [0, 0.1) is 0 Å². The molecule has 2 aromatic rings. The summed E-state index contributed by atoms with van der Waals surface area (Å²) in [5.41, 5.74) is -0.425. The van der Waals surface area contributed by atoms with E-state index in [1.54, 1.807) is 0 Å². The molecule has 0 saturated heterocycles. The third-order valence-corrected chi connectivity index (χ3v) is 2.53. The third-order valence-electron chi connectivity index (χ3n) is 1.67. The molecule has 2 aromatic heterocycles. The van der Waals surface area contributed by atoms with Crippen LogP contribution >= 0.6 is 0 Å². The molecule has 8 heteroatoms. The van der Waals surface area contributed by atoms with Crippen molar-refractivity contribution >= 4 is 20.9 Å².